The Hall–Kier alpha value is -1.89. The van der Waals surface area contributed by atoms with E-state index < -0.39 is 5.82 Å². The molecule has 128 valence electrons. The van der Waals surface area contributed by atoms with Gasteiger partial charge in [0.1, 0.15) is 5.82 Å². The highest BCUT2D eigenvalue weighted by molar-refractivity contribution is 7.99. The Bertz CT molecular complexity index is 711. The molecule has 3 rings (SSSR count). The third-order valence-corrected chi connectivity index (χ3v) is 5.11. The van der Waals surface area contributed by atoms with Crippen LogP contribution in [0, 0.1) is 5.82 Å². The van der Waals surface area contributed by atoms with Crippen LogP contribution in [-0.2, 0) is 4.79 Å². The Morgan fingerprint density at radius 2 is 2.00 bits per heavy atom. The topological polar surface area (TPSA) is 59.2 Å². The van der Waals surface area contributed by atoms with Crippen LogP contribution in [-0.4, -0.2) is 38.8 Å². The quantitative estimate of drug-likeness (QED) is 0.787. The van der Waals surface area contributed by atoms with Crippen LogP contribution in [0.25, 0.3) is 11.5 Å². The summed E-state index contributed by atoms with van der Waals surface area (Å²) < 4.78 is 19.2. The number of carbonyl (C=O) groups excluding carboxylic acids is 1. The van der Waals surface area contributed by atoms with Crippen LogP contribution in [0.15, 0.2) is 33.9 Å². The monoisotopic (exact) mass is 349 g/mol. The molecule has 1 aliphatic rings. The van der Waals surface area contributed by atoms with Crippen molar-refractivity contribution < 1.29 is 13.6 Å². The molecule has 0 bridgehead atoms. The maximum absolute atomic E-state index is 13.7. The van der Waals surface area contributed by atoms with Gasteiger partial charge in [0, 0.05) is 12.1 Å². The predicted octanol–water partition coefficient (Wildman–Crippen LogP) is 3.76. The second-order valence-corrected chi connectivity index (χ2v) is 7.00. The molecule has 2 atom stereocenters. The molecule has 1 aromatic carbocycles. The van der Waals surface area contributed by atoms with Crippen molar-refractivity contribution in [2.24, 2.45) is 0 Å². The Balaban J connectivity index is 1.63. The average molecular weight is 349 g/mol. The van der Waals surface area contributed by atoms with Crippen LogP contribution in [0.3, 0.4) is 0 Å². The minimum absolute atomic E-state index is 0.0744. The van der Waals surface area contributed by atoms with E-state index in [0.29, 0.717) is 0 Å². The van der Waals surface area contributed by atoms with Crippen molar-refractivity contribution in [3.05, 3.63) is 30.1 Å². The first-order valence-electron chi connectivity index (χ1n) is 8.08. The van der Waals surface area contributed by atoms with Gasteiger partial charge in [0.05, 0.1) is 11.3 Å². The predicted molar refractivity (Wildman–Crippen MR) is 90.0 cm³/mol. The number of hydrogen-bond acceptors (Lipinski definition) is 5. The first kappa shape index (κ1) is 17.0. The van der Waals surface area contributed by atoms with Gasteiger partial charge in [0.15, 0.2) is 0 Å². The smallest absolute Gasteiger partial charge is 0.277 e. The maximum atomic E-state index is 13.7. The first-order chi connectivity index (χ1) is 11.6. The summed E-state index contributed by atoms with van der Waals surface area (Å²) in [5, 5.41) is 8.04. The van der Waals surface area contributed by atoms with E-state index in [-0.39, 0.29) is 40.4 Å². The number of benzene rings is 1. The van der Waals surface area contributed by atoms with E-state index in [1.807, 2.05) is 4.90 Å². The second kappa shape index (κ2) is 7.34. The fourth-order valence-corrected chi connectivity index (χ4v) is 3.75. The lowest BCUT2D eigenvalue weighted by molar-refractivity contribution is -0.134. The zero-order chi connectivity index (χ0) is 17.1. The zero-order valence-corrected chi connectivity index (χ0v) is 14.6. The van der Waals surface area contributed by atoms with Crippen LogP contribution in [0.1, 0.15) is 33.1 Å². The van der Waals surface area contributed by atoms with Crippen LogP contribution in [0.4, 0.5) is 4.39 Å². The summed E-state index contributed by atoms with van der Waals surface area (Å²) in [7, 11) is 0. The zero-order valence-electron chi connectivity index (χ0n) is 13.7. The Morgan fingerprint density at radius 1 is 1.29 bits per heavy atom. The van der Waals surface area contributed by atoms with E-state index in [2.05, 4.69) is 24.0 Å². The lowest BCUT2D eigenvalue weighted by Crippen LogP contribution is -2.48. The van der Waals surface area contributed by atoms with Crippen molar-refractivity contribution in [2.75, 3.05) is 5.75 Å². The third kappa shape index (κ3) is 3.61. The van der Waals surface area contributed by atoms with Crippen LogP contribution in [0.2, 0.25) is 0 Å². The van der Waals surface area contributed by atoms with E-state index >= 15 is 0 Å². The van der Waals surface area contributed by atoms with Crippen molar-refractivity contribution >= 4 is 17.7 Å². The molecule has 5 nitrogen and oxygen atoms in total. The minimum atomic E-state index is -0.412. The molecule has 0 N–H and O–H groups in total. The number of carbonyl (C=O) groups is 1. The highest BCUT2D eigenvalue weighted by atomic mass is 32.2. The molecule has 0 saturated carbocycles. The fourth-order valence-electron chi connectivity index (χ4n) is 3.12. The van der Waals surface area contributed by atoms with E-state index in [0.717, 1.165) is 19.3 Å². The van der Waals surface area contributed by atoms with Crippen LogP contribution >= 0.6 is 11.8 Å². The van der Waals surface area contributed by atoms with Crippen molar-refractivity contribution in [3.63, 3.8) is 0 Å². The Kier molecular flexibility index (Phi) is 5.18. The number of nitrogens with zero attached hydrogens (tertiary/aromatic N) is 3. The summed E-state index contributed by atoms with van der Waals surface area (Å²) in [6, 6.07) is 6.76. The van der Waals surface area contributed by atoms with Crippen molar-refractivity contribution in [1.29, 1.82) is 0 Å². The normalized spacial score (nSPS) is 21.0. The summed E-state index contributed by atoms with van der Waals surface area (Å²) in [4.78, 5) is 14.4. The van der Waals surface area contributed by atoms with E-state index in [4.69, 9.17) is 4.42 Å². The number of thioether (sulfide) groups is 1. The van der Waals surface area contributed by atoms with Gasteiger partial charge >= 0.3 is 0 Å². The molecule has 1 amide bonds. The van der Waals surface area contributed by atoms with Crippen molar-refractivity contribution in [1.82, 2.24) is 15.1 Å². The summed E-state index contributed by atoms with van der Waals surface area (Å²) in [5.74, 6) is 0.0333. The standard InChI is InChI=1S/C17H20FN3O2S/c1-11-6-5-7-12(2)21(11)15(22)10-24-17-20-19-16(23-17)13-8-3-4-9-14(13)18/h3-4,8-9,11-12H,5-7,10H2,1-2H3/t11-,12+. The molecule has 0 aliphatic carbocycles. The number of halogens is 1. The van der Waals surface area contributed by atoms with Gasteiger partial charge in [0.2, 0.25) is 5.91 Å². The van der Waals surface area contributed by atoms with Crippen LogP contribution in [0.5, 0.6) is 0 Å². The van der Waals surface area contributed by atoms with Gasteiger partial charge in [-0.25, -0.2) is 4.39 Å². The highest BCUT2D eigenvalue weighted by Crippen LogP contribution is 2.27. The summed E-state index contributed by atoms with van der Waals surface area (Å²) in [6.07, 6.45) is 3.24. The van der Waals surface area contributed by atoms with Gasteiger partial charge < -0.3 is 9.32 Å². The molecule has 24 heavy (non-hydrogen) atoms. The largest absolute Gasteiger partial charge is 0.411 e. The average Bonchev–Trinajstić information content (AvgIpc) is 3.02. The third-order valence-electron chi connectivity index (χ3n) is 4.31. The number of rotatable bonds is 4. The lowest BCUT2D eigenvalue weighted by Gasteiger charge is -2.39. The van der Waals surface area contributed by atoms with Gasteiger partial charge in [0.25, 0.3) is 11.1 Å². The number of piperidine rings is 1. The maximum Gasteiger partial charge on any atom is 0.277 e. The first-order valence-corrected chi connectivity index (χ1v) is 9.07. The summed E-state index contributed by atoms with van der Waals surface area (Å²) in [6.45, 7) is 4.17. The van der Waals surface area contributed by atoms with E-state index in [9.17, 15) is 9.18 Å². The van der Waals surface area contributed by atoms with Crippen molar-refractivity contribution in [2.45, 2.75) is 50.4 Å². The molecule has 2 heterocycles. The molecular weight excluding hydrogens is 329 g/mol. The second-order valence-electron chi connectivity index (χ2n) is 6.07. The summed E-state index contributed by atoms with van der Waals surface area (Å²) >= 11 is 1.19. The van der Waals surface area contributed by atoms with Crippen molar-refractivity contribution in [3.8, 4) is 11.5 Å². The van der Waals surface area contributed by atoms with Gasteiger partial charge in [-0.15, -0.1) is 10.2 Å². The van der Waals surface area contributed by atoms with E-state index in [1.54, 1.807) is 18.2 Å². The molecule has 2 aromatic rings. The molecule has 1 aromatic heterocycles. The highest BCUT2D eigenvalue weighted by Gasteiger charge is 2.29. The van der Waals surface area contributed by atoms with Gasteiger partial charge in [-0.05, 0) is 45.2 Å². The molecule has 0 spiro atoms. The fraction of sp³-hybridized carbons (Fsp3) is 0.471. The minimum Gasteiger partial charge on any atom is -0.411 e. The number of aromatic nitrogens is 2. The molecule has 1 fully saturated rings. The number of likely N-dealkylation sites (tertiary alicyclic amines) is 1. The molecule has 1 saturated heterocycles. The Morgan fingerprint density at radius 3 is 2.71 bits per heavy atom. The molecule has 0 unspecified atom stereocenters. The molecule has 1 aliphatic heterocycles. The number of hydrogen-bond donors (Lipinski definition) is 0. The lowest BCUT2D eigenvalue weighted by atomic mass is 9.98. The molecular formula is C17H20FN3O2S. The summed E-state index contributed by atoms with van der Waals surface area (Å²) in [5.41, 5.74) is 0.265. The van der Waals surface area contributed by atoms with E-state index in [1.165, 1.54) is 17.8 Å². The van der Waals surface area contributed by atoms with Gasteiger partial charge in [-0.2, -0.15) is 0 Å². The SMILES string of the molecule is C[C@@H]1CCC[C@H](C)N1C(=O)CSc1nnc(-c2ccccc2F)o1. The number of amides is 1. The molecule has 0 radical (unpaired) electrons. The van der Waals surface area contributed by atoms with Crippen LogP contribution < -0.4 is 0 Å². The molecule has 7 heteroatoms. The van der Waals surface area contributed by atoms with Gasteiger partial charge in [-0.1, -0.05) is 23.9 Å². The van der Waals surface area contributed by atoms with Gasteiger partial charge in [-0.3, -0.25) is 4.79 Å². The Labute approximate surface area is 144 Å².